The maximum atomic E-state index is 12.4. The lowest BCUT2D eigenvalue weighted by atomic mass is 10.1. The van der Waals surface area contributed by atoms with Crippen LogP contribution in [0.25, 0.3) is 0 Å². The Morgan fingerprint density at radius 3 is 2.52 bits per heavy atom. The number of methoxy groups -OCH3 is 2. The molecule has 1 amide bonds. The number of likely N-dealkylation sites (N-methyl/N-ethyl adjacent to an activating group) is 1. The van der Waals surface area contributed by atoms with E-state index in [-0.39, 0.29) is 11.9 Å². The summed E-state index contributed by atoms with van der Waals surface area (Å²) in [5.41, 5.74) is 0.548. The SMILES string of the molecule is COc1ccc(C(=O)NCC(c2cccs2)N(C)C)cc1OC. The minimum absolute atomic E-state index is 0.130. The highest BCUT2D eigenvalue weighted by Gasteiger charge is 2.17. The second-order valence-electron chi connectivity index (χ2n) is 5.27. The smallest absolute Gasteiger partial charge is 0.251 e. The van der Waals surface area contributed by atoms with Crippen molar-refractivity contribution in [1.82, 2.24) is 10.2 Å². The number of ether oxygens (including phenoxy) is 2. The predicted octanol–water partition coefficient (Wildman–Crippen LogP) is 2.80. The molecule has 1 unspecified atom stereocenters. The maximum Gasteiger partial charge on any atom is 0.251 e. The van der Waals surface area contributed by atoms with Crippen LogP contribution in [-0.4, -0.2) is 45.7 Å². The van der Waals surface area contributed by atoms with Crippen LogP contribution in [0.2, 0.25) is 0 Å². The van der Waals surface area contributed by atoms with Gasteiger partial charge in [0.15, 0.2) is 11.5 Å². The molecule has 1 aromatic heterocycles. The summed E-state index contributed by atoms with van der Waals surface area (Å²) >= 11 is 1.69. The monoisotopic (exact) mass is 334 g/mol. The second-order valence-corrected chi connectivity index (χ2v) is 6.25. The number of hydrogen-bond donors (Lipinski definition) is 1. The summed E-state index contributed by atoms with van der Waals surface area (Å²) in [5, 5.41) is 5.03. The summed E-state index contributed by atoms with van der Waals surface area (Å²) in [4.78, 5) is 15.7. The van der Waals surface area contributed by atoms with Crippen molar-refractivity contribution in [2.75, 3.05) is 34.9 Å². The van der Waals surface area contributed by atoms with Gasteiger partial charge in [0.2, 0.25) is 0 Å². The van der Waals surface area contributed by atoms with Gasteiger partial charge >= 0.3 is 0 Å². The highest BCUT2D eigenvalue weighted by Crippen LogP contribution is 2.27. The summed E-state index contributed by atoms with van der Waals surface area (Å²) < 4.78 is 10.4. The van der Waals surface area contributed by atoms with Crippen LogP contribution < -0.4 is 14.8 Å². The van der Waals surface area contributed by atoms with Crippen LogP contribution in [0, 0.1) is 0 Å². The van der Waals surface area contributed by atoms with Gasteiger partial charge in [-0.05, 0) is 43.7 Å². The predicted molar refractivity (Wildman–Crippen MR) is 92.6 cm³/mol. The van der Waals surface area contributed by atoms with E-state index in [0.717, 1.165) is 0 Å². The summed E-state index contributed by atoms with van der Waals surface area (Å²) in [6.45, 7) is 0.542. The molecule has 0 saturated carbocycles. The summed E-state index contributed by atoms with van der Waals surface area (Å²) in [5.74, 6) is 1.02. The highest BCUT2D eigenvalue weighted by molar-refractivity contribution is 7.10. The van der Waals surface area contributed by atoms with E-state index in [1.54, 1.807) is 43.8 Å². The van der Waals surface area contributed by atoms with Crippen molar-refractivity contribution < 1.29 is 14.3 Å². The van der Waals surface area contributed by atoms with E-state index in [1.165, 1.54) is 4.88 Å². The molecule has 1 heterocycles. The molecule has 0 fully saturated rings. The Balaban J connectivity index is 2.06. The van der Waals surface area contributed by atoms with Gasteiger partial charge in [0.05, 0.1) is 20.3 Å². The molecular formula is C17H22N2O3S. The molecule has 23 heavy (non-hydrogen) atoms. The van der Waals surface area contributed by atoms with Crippen LogP contribution in [-0.2, 0) is 0 Å². The zero-order chi connectivity index (χ0) is 16.8. The minimum atomic E-state index is -0.130. The molecule has 0 radical (unpaired) electrons. The van der Waals surface area contributed by atoms with E-state index < -0.39 is 0 Å². The van der Waals surface area contributed by atoms with Crippen molar-refractivity contribution in [3.05, 3.63) is 46.2 Å². The molecule has 0 spiro atoms. The van der Waals surface area contributed by atoms with E-state index in [2.05, 4.69) is 16.3 Å². The number of amides is 1. The van der Waals surface area contributed by atoms with Gasteiger partial charge in [0.25, 0.3) is 5.91 Å². The Hall–Kier alpha value is -2.05. The maximum absolute atomic E-state index is 12.4. The second kappa shape index (κ2) is 7.99. The van der Waals surface area contributed by atoms with E-state index in [9.17, 15) is 4.79 Å². The van der Waals surface area contributed by atoms with Crippen LogP contribution in [0.4, 0.5) is 0 Å². The first-order chi connectivity index (χ1) is 11.1. The number of nitrogens with zero attached hydrogens (tertiary/aromatic N) is 1. The van der Waals surface area contributed by atoms with Crippen LogP contribution in [0.3, 0.4) is 0 Å². The van der Waals surface area contributed by atoms with Crippen LogP contribution in [0.1, 0.15) is 21.3 Å². The zero-order valence-corrected chi connectivity index (χ0v) is 14.6. The van der Waals surface area contributed by atoms with Gasteiger partial charge in [-0.25, -0.2) is 0 Å². The molecule has 1 N–H and O–H groups in total. The molecular weight excluding hydrogens is 312 g/mol. The molecule has 0 aliphatic rings. The molecule has 0 saturated heterocycles. The lowest BCUT2D eigenvalue weighted by molar-refractivity contribution is 0.0942. The third kappa shape index (κ3) is 4.24. The summed E-state index contributed by atoms with van der Waals surface area (Å²) in [7, 11) is 7.14. The number of thiophene rings is 1. The first-order valence-corrected chi connectivity index (χ1v) is 8.14. The standard InChI is InChI=1S/C17H22N2O3S/c1-19(2)13(16-6-5-9-23-16)11-18-17(20)12-7-8-14(21-3)15(10-12)22-4/h5-10,13H,11H2,1-4H3,(H,18,20). The normalized spacial score (nSPS) is 12.0. The minimum Gasteiger partial charge on any atom is -0.493 e. The fraction of sp³-hybridized carbons (Fsp3) is 0.353. The molecule has 1 aromatic carbocycles. The summed E-state index contributed by atoms with van der Waals surface area (Å²) in [6, 6.07) is 9.40. The molecule has 5 nitrogen and oxygen atoms in total. The first kappa shape index (κ1) is 17.3. The van der Waals surface area contributed by atoms with Crippen molar-refractivity contribution in [3.8, 4) is 11.5 Å². The number of hydrogen-bond acceptors (Lipinski definition) is 5. The van der Waals surface area contributed by atoms with Gasteiger partial charge in [0.1, 0.15) is 0 Å². The fourth-order valence-corrected chi connectivity index (χ4v) is 3.21. The Bertz CT molecular complexity index is 641. The lowest BCUT2D eigenvalue weighted by Crippen LogP contribution is -2.34. The third-order valence-electron chi connectivity index (χ3n) is 3.60. The van der Waals surface area contributed by atoms with Crippen molar-refractivity contribution in [2.45, 2.75) is 6.04 Å². The van der Waals surface area contributed by atoms with Crippen LogP contribution in [0.15, 0.2) is 35.7 Å². The number of carbonyl (C=O) groups is 1. The Morgan fingerprint density at radius 1 is 1.22 bits per heavy atom. The molecule has 2 aromatic rings. The van der Waals surface area contributed by atoms with Gasteiger partial charge < -0.3 is 19.7 Å². The zero-order valence-electron chi connectivity index (χ0n) is 13.8. The van der Waals surface area contributed by atoms with E-state index in [1.807, 2.05) is 25.5 Å². The quantitative estimate of drug-likeness (QED) is 0.846. The third-order valence-corrected chi connectivity index (χ3v) is 4.57. The number of nitrogens with one attached hydrogen (secondary N) is 1. The Kier molecular flexibility index (Phi) is 6.01. The van der Waals surface area contributed by atoms with Gasteiger partial charge in [-0.1, -0.05) is 6.07 Å². The van der Waals surface area contributed by atoms with Crippen molar-refractivity contribution in [2.24, 2.45) is 0 Å². The fourth-order valence-electron chi connectivity index (χ4n) is 2.29. The average molecular weight is 334 g/mol. The van der Waals surface area contributed by atoms with Gasteiger partial charge in [-0.3, -0.25) is 4.79 Å². The topological polar surface area (TPSA) is 50.8 Å². The number of carbonyl (C=O) groups excluding carboxylic acids is 1. The largest absolute Gasteiger partial charge is 0.493 e. The van der Waals surface area contributed by atoms with E-state index in [4.69, 9.17) is 9.47 Å². The Labute approximate surface area is 140 Å². The van der Waals surface area contributed by atoms with Gasteiger partial charge in [-0.2, -0.15) is 0 Å². The highest BCUT2D eigenvalue weighted by atomic mass is 32.1. The molecule has 124 valence electrons. The van der Waals surface area contributed by atoms with Gasteiger partial charge in [0, 0.05) is 17.0 Å². The van der Waals surface area contributed by atoms with E-state index in [0.29, 0.717) is 23.6 Å². The molecule has 0 aliphatic heterocycles. The Morgan fingerprint density at radius 2 is 1.96 bits per heavy atom. The van der Waals surface area contributed by atoms with Crippen LogP contribution in [0.5, 0.6) is 11.5 Å². The first-order valence-electron chi connectivity index (χ1n) is 7.27. The summed E-state index contributed by atoms with van der Waals surface area (Å²) in [6.07, 6.45) is 0. The number of benzene rings is 1. The molecule has 2 rings (SSSR count). The van der Waals surface area contributed by atoms with Crippen LogP contribution >= 0.6 is 11.3 Å². The van der Waals surface area contributed by atoms with Crippen molar-refractivity contribution in [3.63, 3.8) is 0 Å². The lowest BCUT2D eigenvalue weighted by Gasteiger charge is -2.23. The molecule has 0 aliphatic carbocycles. The van der Waals surface area contributed by atoms with Crippen molar-refractivity contribution in [1.29, 1.82) is 0 Å². The molecule has 1 atom stereocenters. The van der Waals surface area contributed by atoms with Gasteiger partial charge in [-0.15, -0.1) is 11.3 Å². The van der Waals surface area contributed by atoms with Crippen molar-refractivity contribution >= 4 is 17.2 Å². The average Bonchev–Trinajstić information content (AvgIpc) is 3.08. The molecule has 0 bridgehead atoms. The number of rotatable bonds is 7. The van der Waals surface area contributed by atoms with E-state index >= 15 is 0 Å². The molecule has 6 heteroatoms.